The Labute approximate surface area is 223 Å². The van der Waals surface area contributed by atoms with Crippen LogP contribution in [0.3, 0.4) is 0 Å². The SMILES string of the molecule is CCc1ccccc1CN(C(=O)CN1C(=O)O[C@]2(CCc3cc(NC(=O)NC)ccc32)C1=O)[C@H](C)C(F)(F)F. The van der Waals surface area contributed by atoms with Gasteiger partial charge < -0.3 is 20.3 Å². The molecule has 39 heavy (non-hydrogen) atoms. The first-order valence-corrected chi connectivity index (χ1v) is 12.5. The fraction of sp³-hybridized carbons (Fsp3) is 0.407. The first kappa shape index (κ1) is 27.9. The Hall–Kier alpha value is -4.09. The van der Waals surface area contributed by atoms with E-state index in [1.807, 2.05) is 6.92 Å². The Morgan fingerprint density at radius 3 is 2.49 bits per heavy atom. The van der Waals surface area contributed by atoms with E-state index in [1.54, 1.807) is 42.5 Å². The second-order valence-electron chi connectivity index (χ2n) is 9.52. The molecule has 9 nitrogen and oxygen atoms in total. The Balaban J connectivity index is 1.58. The van der Waals surface area contributed by atoms with Crippen molar-refractivity contribution in [3.8, 4) is 0 Å². The van der Waals surface area contributed by atoms with Gasteiger partial charge in [0.25, 0.3) is 5.91 Å². The molecule has 4 rings (SSSR count). The smallest absolute Gasteiger partial charge is 0.418 e. The van der Waals surface area contributed by atoms with Gasteiger partial charge in [-0.25, -0.2) is 14.5 Å². The van der Waals surface area contributed by atoms with E-state index in [0.717, 1.165) is 12.5 Å². The molecule has 208 valence electrons. The van der Waals surface area contributed by atoms with Gasteiger partial charge in [-0.05, 0) is 48.6 Å². The number of rotatable bonds is 7. The van der Waals surface area contributed by atoms with Crippen LogP contribution in [0.1, 0.15) is 42.5 Å². The first-order chi connectivity index (χ1) is 18.4. The molecular weight excluding hydrogens is 517 g/mol. The van der Waals surface area contributed by atoms with E-state index in [0.29, 0.717) is 45.0 Å². The van der Waals surface area contributed by atoms with Crippen LogP contribution in [0.5, 0.6) is 0 Å². The van der Waals surface area contributed by atoms with E-state index in [4.69, 9.17) is 4.74 Å². The van der Waals surface area contributed by atoms with Crippen molar-refractivity contribution in [2.45, 2.75) is 57.5 Å². The molecule has 1 aliphatic carbocycles. The Kier molecular flexibility index (Phi) is 7.58. The Morgan fingerprint density at radius 2 is 1.85 bits per heavy atom. The van der Waals surface area contributed by atoms with Gasteiger partial charge in [0.2, 0.25) is 11.5 Å². The van der Waals surface area contributed by atoms with Crippen LogP contribution in [0.4, 0.5) is 28.4 Å². The lowest BCUT2D eigenvalue weighted by molar-refractivity contribution is -0.187. The number of carbonyl (C=O) groups excluding carboxylic acids is 4. The molecule has 2 N–H and O–H groups in total. The summed E-state index contributed by atoms with van der Waals surface area (Å²) < 4.78 is 46.8. The lowest BCUT2D eigenvalue weighted by Gasteiger charge is -2.32. The lowest BCUT2D eigenvalue weighted by Crippen LogP contribution is -2.51. The number of urea groups is 1. The van der Waals surface area contributed by atoms with Crippen molar-refractivity contribution in [1.82, 2.24) is 15.1 Å². The maximum absolute atomic E-state index is 13.8. The second kappa shape index (κ2) is 10.6. The van der Waals surface area contributed by atoms with Crippen LogP contribution in [0.15, 0.2) is 42.5 Å². The van der Waals surface area contributed by atoms with Crippen LogP contribution < -0.4 is 10.6 Å². The zero-order valence-electron chi connectivity index (χ0n) is 21.7. The molecule has 0 saturated carbocycles. The molecule has 1 spiro atoms. The molecule has 0 unspecified atom stereocenters. The minimum Gasteiger partial charge on any atom is -0.427 e. The molecule has 2 atom stereocenters. The van der Waals surface area contributed by atoms with Crippen LogP contribution in [-0.2, 0) is 39.3 Å². The van der Waals surface area contributed by atoms with Crippen molar-refractivity contribution in [1.29, 1.82) is 0 Å². The zero-order valence-corrected chi connectivity index (χ0v) is 21.7. The minimum absolute atomic E-state index is 0.105. The predicted octanol–water partition coefficient (Wildman–Crippen LogP) is 4.10. The van der Waals surface area contributed by atoms with E-state index in [-0.39, 0.29) is 13.0 Å². The van der Waals surface area contributed by atoms with Crippen LogP contribution in [0, 0.1) is 0 Å². The molecule has 5 amide bonds. The van der Waals surface area contributed by atoms with Gasteiger partial charge in [-0.1, -0.05) is 37.3 Å². The molecule has 12 heteroatoms. The van der Waals surface area contributed by atoms with Crippen molar-refractivity contribution in [2.75, 3.05) is 18.9 Å². The molecule has 0 bridgehead atoms. The molecule has 2 aromatic rings. The zero-order chi connectivity index (χ0) is 28.5. The summed E-state index contributed by atoms with van der Waals surface area (Å²) in [7, 11) is 1.46. The quantitative estimate of drug-likeness (QED) is 0.544. The number of nitrogens with zero attached hydrogens (tertiary/aromatic N) is 2. The summed E-state index contributed by atoms with van der Waals surface area (Å²) >= 11 is 0. The third-order valence-corrected chi connectivity index (χ3v) is 7.24. The summed E-state index contributed by atoms with van der Waals surface area (Å²) in [4.78, 5) is 52.4. The average molecular weight is 547 g/mol. The number of amides is 5. The number of imide groups is 1. The van der Waals surface area contributed by atoms with Gasteiger partial charge in [0.05, 0.1) is 0 Å². The molecule has 0 radical (unpaired) electrons. The van der Waals surface area contributed by atoms with Gasteiger partial charge in [0.1, 0.15) is 12.6 Å². The summed E-state index contributed by atoms with van der Waals surface area (Å²) in [5, 5.41) is 5.05. The van der Waals surface area contributed by atoms with Crippen molar-refractivity contribution in [3.05, 3.63) is 64.7 Å². The molecule has 1 aliphatic heterocycles. The van der Waals surface area contributed by atoms with Crippen LogP contribution >= 0.6 is 0 Å². The van der Waals surface area contributed by atoms with Gasteiger partial charge in [-0.3, -0.25) is 9.59 Å². The molecule has 1 heterocycles. The van der Waals surface area contributed by atoms with Crippen molar-refractivity contribution >= 4 is 29.6 Å². The lowest BCUT2D eigenvalue weighted by atomic mass is 9.94. The third-order valence-electron chi connectivity index (χ3n) is 7.24. The van der Waals surface area contributed by atoms with Crippen LogP contribution in [0.25, 0.3) is 0 Å². The number of halogens is 3. The highest BCUT2D eigenvalue weighted by molar-refractivity contribution is 6.06. The van der Waals surface area contributed by atoms with E-state index < -0.39 is 48.3 Å². The maximum atomic E-state index is 13.8. The summed E-state index contributed by atoms with van der Waals surface area (Å²) in [5.74, 6) is -1.84. The second-order valence-corrected chi connectivity index (χ2v) is 9.52. The van der Waals surface area contributed by atoms with Gasteiger partial charge in [0.15, 0.2) is 0 Å². The summed E-state index contributed by atoms with van der Waals surface area (Å²) in [6.45, 7) is 1.50. The predicted molar refractivity (Wildman–Crippen MR) is 135 cm³/mol. The molecule has 2 aliphatic rings. The average Bonchev–Trinajstić information content (AvgIpc) is 3.38. The number of aryl methyl sites for hydroxylation is 2. The van der Waals surface area contributed by atoms with Crippen molar-refractivity contribution < 1.29 is 37.1 Å². The van der Waals surface area contributed by atoms with E-state index in [9.17, 15) is 32.3 Å². The normalized spacial score (nSPS) is 19.1. The Bertz CT molecular complexity index is 1310. The van der Waals surface area contributed by atoms with Gasteiger partial charge >= 0.3 is 18.3 Å². The number of ether oxygens (including phenoxy) is 1. The molecule has 1 saturated heterocycles. The molecule has 0 aromatic heterocycles. The number of nitrogens with one attached hydrogen (secondary N) is 2. The van der Waals surface area contributed by atoms with E-state index in [2.05, 4.69) is 10.6 Å². The Morgan fingerprint density at radius 1 is 1.15 bits per heavy atom. The van der Waals surface area contributed by atoms with Gasteiger partial charge in [-0.15, -0.1) is 0 Å². The van der Waals surface area contributed by atoms with Gasteiger partial charge in [-0.2, -0.15) is 13.2 Å². The molecule has 2 aromatic carbocycles. The fourth-order valence-corrected chi connectivity index (χ4v) is 5.01. The minimum atomic E-state index is -4.72. The summed E-state index contributed by atoms with van der Waals surface area (Å²) in [6, 6.07) is 9.03. The van der Waals surface area contributed by atoms with Crippen molar-refractivity contribution in [3.63, 3.8) is 0 Å². The standard InChI is InChI=1S/C27H29F3N4O5/c1-4-17-7-5-6-8-19(17)14-33(16(2)27(28,29)30)22(35)15-34-23(36)26(39-25(34)38)12-11-18-13-20(9-10-21(18)26)32-24(37)31-3/h5-10,13,16H,4,11-12,14-15H2,1-3H3,(H2,31,32,37)/t16-,26+/m1/s1. The van der Waals surface area contributed by atoms with E-state index in [1.165, 1.54) is 7.05 Å². The number of carbonyl (C=O) groups is 4. The highest BCUT2D eigenvalue weighted by Gasteiger charge is 2.58. The summed E-state index contributed by atoms with van der Waals surface area (Å²) in [5.41, 5.74) is 1.21. The number of benzene rings is 2. The topological polar surface area (TPSA) is 108 Å². The number of fused-ring (bicyclic) bond motifs is 2. The number of alkyl halides is 3. The third kappa shape index (κ3) is 5.27. The molecular formula is C27H29F3N4O5. The number of anilines is 1. The van der Waals surface area contributed by atoms with Crippen molar-refractivity contribution in [2.24, 2.45) is 0 Å². The number of hydrogen-bond acceptors (Lipinski definition) is 5. The van der Waals surface area contributed by atoms with Crippen LogP contribution in [0.2, 0.25) is 0 Å². The maximum Gasteiger partial charge on any atom is 0.418 e. The fourth-order valence-electron chi connectivity index (χ4n) is 5.01. The number of hydrogen-bond donors (Lipinski definition) is 2. The van der Waals surface area contributed by atoms with Gasteiger partial charge in [0, 0.05) is 31.3 Å². The highest BCUT2D eigenvalue weighted by atomic mass is 19.4. The first-order valence-electron chi connectivity index (χ1n) is 12.5. The summed E-state index contributed by atoms with van der Waals surface area (Å²) in [6.07, 6.45) is -4.81. The monoisotopic (exact) mass is 546 g/mol. The van der Waals surface area contributed by atoms with Crippen LogP contribution in [-0.4, -0.2) is 59.5 Å². The van der Waals surface area contributed by atoms with E-state index >= 15 is 0 Å². The molecule has 1 fully saturated rings. The highest BCUT2D eigenvalue weighted by Crippen LogP contribution is 2.46. The largest absolute Gasteiger partial charge is 0.427 e.